The van der Waals surface area contributed by atoms with Crippen LogP contribution in [0.15, 0.2) is 0 Å². The molecule has 2 rings (SSSR count). The third kappa shape index (κ3) is 0.904. The summed E-state index contributed by atoms with van der Waals surface area (Å²) < 4.78 is 5.39. The van der Waals surface area contributed by atoms with Crippen LogP contribution >= 0.6 is 0 Å². The minimum absolute atomic E-state index is 0.187. The van der Waals surface area contributed by atoms with Crippen LogP contribution in [-0.2, 0) is 9.53 Å². The highest BCUT2D eigenvalue weighted by Crippen LogP contribution is 2.21. The molecule has 1 N–H and O–H groups in total. The maximum absolute atomic E-state index is 10.8. The Bertz CT molecular complexity index is 158. The van der Waals surface area contributed by atoms with Crippen molar-refractivity contribution >= 4 is 5.91 Å². The molecular weight excluding hydrogens is 130 g/mol. The predicted molar refractivity (Wildman–Crippen MR) is 35.5 cm³/mol. The molecule has 2 atom stereocenters. The summed E-state index contributed by atoms with van der Waals surface area (Å²) in [5, 5.41) is 2.91. The average Bonchev–Trinajstić information content (AvgIpc) is 2.33. The Morgan fingerprint density at radius 3 is 3.30 bits per heavy atom. The molecule has 0 saturated carbocycles. The number of piperidine rings is 1. The highest BCUT2D eigenvalue weighted by Gasteiger charge is 2.33. The fraction of sp³-hybridized carbons (Fsp3) is 0.857. The summed E-state index contributed by atoms with van der Waals surface area (Å²) in [7, 11) is 0. The van der Waals surface area contributed by atoms with Gasteiger partial charge in [0.25, 0.3) is 0 Å². The predicted octanol–water partition coefficient (Wildman–Crippen LogP) is 0.0539. The number of hydrogen-bond donors (Lipinski definition) is 1. The molecule has 10 heavy (non-hydrogen) atoms. The molecule has 0 aromatic carbocycles. The van der Waals surface area contributed by atoms with E-state index in [4.69, 9.17) is 4.74 Å². The first kappa shape index (κ1) is 6.16. The van der Waals surface area contributed by atoms with Gasteiger partial charge in [-0.1, -0.05) is 0 Å². The molecule has 56 valence electrons. The van der Waals surface area contributed by atoms with E-state index in [1.807, 2.05) is 0 Å². The highest BCUT2D eigenvalue weighted by molar-refractivity contribution is 5.77. The van der Waals surface area contributed by atoms with Crippen LogP contribution in [0, 0.1) is 0 Å². The summed E-state index contributed by atoms with van der Waals surface area (Å²) in [5.41, 5.74) is 0. The van der Waals surface area contributed by atoms with E-state index in [2.05, 4.69) is 5.32 Å². The van der Waals surface area contributed by atoms with Crippen molar-refractivity contribution in [2.45, 2.75) is 31.4 Å². The van der Waals surface area contributed by atoms with Crippen molar-refractivity contribution < 1.29 is 9.53 Å². The van der Waals surface area contributed by atoms with Gasteiger partial charge in [-0.25, -0.2) is 0 Å². The fourth-order valence-corrected chi connectivity index (χ4v) is 1.65. The lowest BCUT2D eigenvalue weighted by Crippen LogP contribution is -2.45. The monoisotopic (exact) mass is 141 g/mol. The van der Waals surface area contributed by atoms with Crippen molar-refractivity contribution in [1.82, 2.24) is 5.32 Å². The number of carbonyl (C=O) groups excluding carboxylic acids is 1. The maximum atomic E-state index is 10.8. The number of carbonyl (C=O) groups is 1. The molecule has 1 amide bonds. The van der Waals surface area contributed by atoms with Gasteiger partial charge in [0.15, 0.2) is 0 Å². The van der Waals surface area contributed by atoms with Gasteiger partial charge in [-0.3, -0.25) is 4.79 Å². The second kappa shape index (κ2) is 2.23. The van der Waals surface area contributed by atoms with E-state index in [0.717, 1.165) is 19.4 Å². The van der Waals surface area contributed by atoms with E-state index in [0.29, 0.717) is 18.6 Å². The summed E-state index contributed by atoms with van der Waals surface area (Å²) in [4.78, 5) is 10.8. The zero-order chi connectivity index (χ0) is 6.97. The molecule has 0 aromatic rings. The zero-order valence-corrected chi connectivity index (χ0v) is 5.80. The number of rotatable bonds is 0. The lowest BCUT2D eigenvalue weighted by Gasteiger charge is -2.24. The molecule has 0 aromatic heterocycles. The summed E-state index contributed by atoms with van der Waals surface area (Å²) in [6.07, 6.45) is 2.87. The van der Waals surface area contributed by atoms with Crippen molar-refractivity contribution in [2.24, 2.45) is 0 Å². The van der Waals surface area contributed by atoms with Gasteiger partial charge in [0.2, 0.25) is 5.91 Å². The van der Waals surface area contributed by atoms with Crippen molar-refractivity contribution in [3.8, 4) is 0 Å². The van der Waals surface area contributed by atoms with Crippen LogP contribution in [0.4, 0.5) is 0 Å². The maximum Gasteiger partial charge on any atom is 0.220 e. The van der Waals surface area contributed by atoms with Crippen molar-refractivity contribution in [3.63, 3.8) is 0 Å². The van der Waals surface area contributed by atoms with Crippen molar-refractivity contribution in [1.29, 1.82) is 0 Å². The molecule has 2 unspecified atom stereocenters. The van der Waals surface area contributed by atoms with E-state index in [1.165, 1.54) is 0 Å². The Labute approximate surface area is 59.7 Å². The number of fused-ring (bicyclic) bond motifs is 1. The normalized spacial score (nSPS) is 39.0. The Morgan fingerprint density at radius 2 is 2.40 bits per heavy atom. The summed E-state index contributed by atoms with van der Waals surface area (Å²) in [6.45, 7) is 0.815. The minimum atomic E-state index is 0.187. The third-order valence-corrected chi connectivity index (χ3v) is 2.21. The first-order valence-corrected chi connectivity index (χ1v) is 3.77. The van der Waals surface area contributed by atoms with Crippen LogP contribution < -0.4 is 5.32 Å². The van der Waals surface area contributed by atoms with Crippen LogP contribution in [0.3, 0.4) is 0 Å². The highest BCUT2D eigenvalue weighted by atomic mass is 16.5. The lowest BCUT2D eigenvalue weighted by molar-refractivity contribution is -0.124. The van der Waals surface area contributed by atoms with E-state index in [1.54, 1.807) is 0 Å². The van der Waals surface area contributed by atoms with Gasteiger partial charge in [0, 0.05) is 13.0 Å². The van der Waals surface area contributed by atoms with Crippen LogP contribution in [0.1, 0.15) is 19.3 Å². The van der Waals surface area contributed by atoms with Gasteiger partial charge in [-0.15, -0.1) is 0 Å². The van der Waals surface area contributed by atoms with Crippen LogP contribution in [0.2, 0.25) is 0 Å². The number of amides is 1. The van der Waals surface area contributed by atoms with Crippen LogP contribution in [0.5, 0.6) is 0 Å². The summed E-state index contributed by atoms with van der Waals surface area (Å²) in [5.74, 6) is 0.187. The van der Waals surface area contributed by atoms with Crippen molar-refractivity contribution in [3.05, 3.63) is 0 Å². The molecule has 3 nitrogen and oxygen atoms in total. The van der Waals surface area contributed by atoms with Gasteiger partial charge in [0.1, 0.15) is 0 Å². The molecule has 2 aliphatic rings. The average molecular weight is 141 g/mol. The Hall–Kier alpha value is -0.570. The van der Waals surface area contributed by atoms with Crippen LogP contribution in [-0.4, -0.2) is 24.7 Å². The first-order chi connectivity index (χ1) is 4.86. The number of nitrogens with one attached hydrogen (secondary N) is 1. The van der Waals surface area contributed by atoms with Gasteiger partial charge in [-0.05, 0) is 12.8 Å². The molecule has 0 spiro atoms. The standard InChI is InChI=1S/C7H11NO2/c9-7-2-1-6-5(8-7)3-4-10-6/h5-6H,1-4H2,(H,8,9). The van der Waals surface area contributed by atoms with Gasteiger partial charge in [-0.2, -0.15) is 0 Å². The smallest absolute Gasteiger partial charge is 0.220 e. The molecule has 2 aliphatic heterocycles. The molecule has 0 radical (unpaired) electrons. The minimum Gasteiger partial charge on any atom is -0.376 e. The SMILES string of the molecule is O=C1CCC2OCCC2N1. The van der Waals surface area contributed by atoms with Crippen LogP contribution in [0.25, 0.3) is 0 Å². The van der Waals surface area contributed by atoms with Gasteiger partial charge >= 0.3 is 0 Å². The Kier molecular flexibility index (Phi) is 1.38. The molecular formula is C7H11NO2. The van der Waals surface area contributed by atoms with Crippen molar-refractivity contribution in [2.75, 3.05) is 6.61 Å². The number of hydrogen-bond acceptors (Lipinski definition) is 2. The molecule has 0 bridgehead atoms. The first-order valence-electron chi connectivity index (χ1n) is 3.77. The second-order valence-corrected chi connectivity index (χ2v) is 2.91. The molecule has 3 heteroatoms. The quantitative estimate of drug-likeness (QED) is 0.517. The van der Waals surface area contributed by atoms with Gasteiger partial charge in [0.05, 0.1) is 12.1 Å². The Morgan fingerprint density at radius 1 is 1.50 bits per heavy atom. The molecule has 2 saturated heterocycles. The lowest BCUT2D eigenvalue weighted by atomic mass is 10.0. The van der Waals surface area contributed by atoms with E-state index >= 15 is 0 Å². The van der Waals surface area contributed by atoms with E-state index in [9.17, 15) is 4.79 Å². The number of ether oxygens (including phenoxy) is 1. The fourth-order valence-electron chi connectivity index (χ4n) is 1.65. The van der Waals surface area contributed by atoms with E-state index < -0.39 is 0 Å². The van der Waals surface area contributed by atoms with Gasteiger partial charge < -0.3 is 10.1 Å². The van der Waals surface area contributed by atoms with E-state index in [-0.39, 0.29) is 5.91 Å². The summed E-state index contributed by atoms with van der Waals surface area (Å²) in [6, 6.07) is 0.321. The second-order valence-electron chi connectivity index (χ2n) is 2.91. The molecule has 2 fully saturated rings. The Balaban J connectivity index is 2.03. The molecule has 2 heterocycles. The zero-order valence-electron chi connectivity index (χ0n) is 5.80. The summed E-state index contributed by atoms with van der Waals surface area (Å²) >= 11 is 0. The molecule has 0 aliphatic carbocycles. The third-order valence-electron chi connectivity index (χ3n) is 2.21. The topological polar surface area (TPSA) is 38.3 Å². The largest absolute Gasteiger partial charge is 0.376 e.